The lowest BCUT2D eigenvalue weighted by molar-refractivity contribution is 0.417. The third kappa shape index (κ3) is 5.23. The molecule has 1 heterocycles. The van der Waals surface area contributed by atoms with Gasteiger partial charge in [0.25, 0.3) is 0 Å². The monoisotopic (exact) mass is 390 g/mol. The van der Waals surface area contributed by atoms with E-state index in [0.29, 0.717) is 10.9 Å². The molecule has 0 radical (unpaired) electrons. The van der Waals surface area contributed by atoms with Crippen LogP contribution in [0.25, 0.3) is 0 Å². The first kappa shape index (κ1) is 19.2. The highest BCUT2D eigenvalue weighted by molar-refractivity contribution is 7.98. The number of halogens is 3. The minimum Gasteiger partial charge on any atom is -0.436 e. The Bertz CT molecular complexity index is 950. The van der Waals surface area contributed by atoms with Crippen LogP contribution in [-0.2, 0) is 5.75 Å². The van der Waals surface area contributed by atoms with Crippen LogP contribution in [0.15, 0.2) is 53.7 Å². The molecule has 140 valence electrons. The second-order valence-corrected chi connectivity index (χ2v) is 7.11. The second-order valence-electron chi connectivity index (χ2n) is 6.16. The zero-order valence-electron chi connectivity index (χ0n) is 14.7. The van der Waals surface area contributed by atoms with E-state index >= 15 is 0 Å². The Labute approximate surface area is 159 Å². The molecule has 3 rings (SSSR count). The normalized spacial score (nSPS) is 11.0. The van der Waals surface area contributed by atoms with E-state index in [2.05, 4.69) is 9.97 Å². The van der Waals surface area contributed by atoms with Gasteiger partial charge in [0, 0.05) is 17.9 Å². The first-order chi connectivity index (χ1) is 12.9. The van der Waals surface area contributed by atoms with Gasteiger partial charge < -0.3 is 4.74 Å². The van der Waals surface area contributed by atoms with Crippen LogP contribution in [0.1, 0.15) is 31.0 Å². The van der Waals surface area contributed by atoms with Crippen molar-refractivity contribution in [1.82, 2.24) is 9.97 Å². The van der Waals surface area contributed by atoms with Gasteiger partial charge in [-0.15, -0.1) is 0 Å². The van der Waals surface area contributed by atoms with Gasteiger partial charge in [0.1, 0.15) is 11.6 Å². The Morgan fingerprint density at radius 2 is 1.74 bits per heavy atom. The van der Waals surface area contributed by atoms with Crippen molar-refractivity contribution in [1.29, 1.82) is 0 Å². The van der Waals surface area contributed by atoms with Gasteiger partial charge in [0.15, 0.2) is 16.7 Å². The summed E-state index contributed by atoms with van der Waals surface area (Å²) in [5.41, 5.74) is 1.52. The van der Waals surface area contributed by atoms with Crippen molar-refractivity contribution in [3.8, 4) is 11.6 Å². The summed E-state index contributed by atoms with van der Waals surface area (Å²) < 4.78 is 45.7. The topological polar surface area (TPSA) is 35.0 Å². The molecule has 0 aliphatic carbocycles. The highest BCUT2D eigenvalue weighted by atomic mass is 32.2. The zero-order chi connectivity index (χ0) is 19.4. The Morgan fingerprint density at radius 3 is 2.44 bits per heavy atom. The predicted molar refractivity (Wildman–Crippen MR) is 98.5 cm³/mol. The Kier molecular flexibility index (Phi) is 6.01. The lowest BCUT2D eigenvalue weighted by Crippen LogP contribution is -2.00. The average Bonchev–Trinajstić information content (AvgIpc) is 2.62. The fourth-order valence-electron chi connectivity index (χ4n) is 2.28. The van der Waals surface area contributed by atoms with Gasteiger partial charge in [-0.05, 0) is 35.7 Å². The number of hydrogen-bond acceptors (Lipinski definition) is 4. The van der Waals surface area contributed by atoms with Crippen molar-refractivity contribution < 1.29 is 17.9 Å². The van der Waals surface area contributed by atoms with E-state index in [-0.39, 0.29) is 23.4 Å². The third-order valence-corrected chi connectivity index (χ3v) is 4.58. The van der Waals surface area contributed by atoms with Crippen molar-refractivity contribution in [2.45, 2.75) is 30.7 Å². The van der Waals surface area contributed by atoms with E-state index in [1.165, 1.54) is 30.0 Å². The molecule has 3 aromatic rings. The van der Waals surface area contributed by atoms with Crippen LogP contribution in [0.2, 0.25) is 0 Å². The summed E-state index contributed by atoms with van der Waals surface area (Å²) in [5, 5.41) is 0.433. The largest absolute Gasteiger partial charge is 0.436 e. The molecule has 0 aliphatic heterocycles. The molecule has 0 fully saturated rings. The first-order valence-electron chi connectivity index (χ1n) is 8.30. The maximum atomic E-state index is 13.9. The number of aromatic nitrogens is 2. The molecule has 3 nitrogen and oxygen atoms in total. The summed E-state index contributed by atoms with van der Waals surface area (Å²) in [6.07, 6.45) is 0. The van der Waals surface area contributed by atoms with Gasteiger partial charge >= 0.3 is 0 Å². The van der Waals surface area contributed by atoms with Crippen molar-refractivity contribution in [2.75, 3.05) is 0 Å². The van der Waals surface area contributed by atoms with Gasteiger partial charge in [-0.1, -0.05) is 37.7 Å². The number of benzene rings is 2. The minimum atomic E-state index is -0.811. The van der Waals surface area contributed by atoms with E-state index < -0.39 is 11.6 Å². The lowest BCUT2D eigenvalue weighted by Gasteiger charge is -2.11. The molecule has 1 aromatic heterocycles. The summed E-state index contributed by atoms with van der Waals surface area (Å²) in [7, 11) is 0. The van der Waals surface area contributed by atoms with Gasteiger partial charge in [0.05, 0.1) is 5.69 Å². The van der Waals surface area contributed by atoms with Crippen molar-refractivity contribution >= 4 is 11.8 Å². The van der Waals surface area contributed by atoms with Crippen LogP contribution in [-0.4, -0.2) is 9.97 Å². The number of hydrogen-bond donors (Lipinski definition) is 0. The summed E-state index contributed by atoms with van der Waals surface area (Å²) in [4.78, 5) is 8.76. The summed E-state index contributed by atoms with van der Waals surface area (Å²) in [6, 6.07) is 11.0. The van der Waals surface area contributed by atoms with Gasteiger partial charge in [0.2, 0.25) is 5.88 Å². The number of nitrogens with zero attached hydrogens (tertiary/aromatic N) is 2. The van der Waals surface area contributed by atoms with Crippen LogP contribution in [0.4, 0.5) is 13.2 Å². The Morgan fingerprint density at radius 1 is 0.963 bits per heavy atom. The van der Waals surface area contributed by atoms with E-state index in [0.717, 1.165) is 23.4 Å². The molecule has 0 atom stereocenters. The van der Waals surface area contributed by atoms with Crippen molar-refractivity contribution in [2.24, 2.45) is 0 Å². The third-order valence-electron chi connectivity index (χ3n) is 3.66. The summed E-state index contributed by atoms with van der Waals surface area (Å²) in [6.45, 7) is 3.93. The molecular formula is C20H17F3N2OS. The van der Waals surface area contributed by atoms with Gasteiger partial charge in [-0.2, -0.15) is 4.98 Å². The minimum absolute atomic E-state index is 0.0990. The second kappa shape index (κ2) is 8.43. The highest BCUT2D eigenvalue weighted by Crippen LogP contribution is 2.29. The predicted octanol–water partition coefficient (Wildman–Crippen LogP) is 6.10. The van der Waals surface area contributed by atoms with E-state index in [1.54, 1.807) is 12.1 Å². The molecule has 0 unspecified atom stereocenters. The van der Waals surface area contributed by atoms with E-state index in [4.69, 9.17) is 4.74 Å². The number of ether oxygens (including phenoxy) is 1. The van der Waals surface area contributed by atoms with Gasteiger partial charge in [-0.3, -0.25) is 0 Å². The van der Waals surface area contributed by atoms with Crippen LogP contribution in [0, 0.1) is 17.5 Å². The fourth-order valence-corrected chi connectivity index (χ4v) is 3.08. The fraction of sp³-hybridized carbons (Fsp3) is 0.200. The lowest BCUT2D eigenvalue weighted by atomic mass is 10.1. The van der Waals surface area contributed by atoms with Crippen molar-refractivity contribution in [3.05, 3.63) is 77.2 Å². The number of thioether (sulfide) groups is 1. The molecule has 7 heteroatoms. The molecular weight excluding hydrogens is 373 g/mol. The molecule has 0 N–H and O–H groups in total. The van der Waals surface area contributed by atoms with Gasteiger partial charge in [-0.25, -0.2) is 18.2 Å². The molecule has 0 spiro atoms. The maximum Gasteiger partial charge on any atom is 0.223 e. The molecule has 0 amide bonds. The van der Waals surface area contributed by atoms with Crippen LogP contribution in [0.3, 0.4) is 0 Å². The molecule has 27 heavy (non-hydrogen) atoms. The van der Waals surface area contributed by atoms with Crippen molar-refractivity contribution in [3.63, 3.8) is 0 Å². The van der Waals surface area contributed by atoms with E-state index in [1.807, 2.05) is 19.9 Å². The summed E-state index contributed by atoms with van der Waals surface area (Å²) in [5.74, 6) is -1.18. The van der Waals surface area contributed by atoms with Crippen LogP contribution >= 0.6 is 11.8 Å². The van der Waals surface area contributed by atoms with E-state index in [9.17, 15) is 13.2 Å². The molecule has 0 saturated heterocycles. The zero-order valence-corrected chi connectivity index (χ0v) is 15.6. The highest BCUT2D eigenvalue weighted by Gasteiger charge is 2.13. The standard InChI is InChI=1S/C20H17F3N2OS/c1-12(2)17-10-19(26-18-7-6-15(22)9-16(18)23)25-20(24-17)27-11-13-4-3-5-14(21)8-13/h3-10,12H,11H2,1-2H3. The maximum absolute atomic E-state index is 13.9. The van der Waals surface area contributed by atoms with Crippen LogP contribution < -0.4 is 4.74 Å². The Balaban J connectivity index is 1.83. The molecule has 0 saturated carbocycles. The number of rotatable bonds is 6. The Hall–Kier alpha value is -2.54. The molecule has 0 bridgehead atoms. The molecule has 2 aromatic carbocycles. The SMILES string of the molecule is CC(C)c1cc(Oc2ccc(F)cc2F)nc(SCc2cccc(F)c2)n1. The van der Waals surface area contributed by atoms with Crippen LogP contribution in [0.5, 0.6) is 11.6 Å². The molecule has 0 aliphatic rings. The summed E-state index contributed by atoms with van der Waals surface area (Å²) >= 11 is 1.32. The average molecular weight is 390 g/mol. The first-order valence-corrected chi connectivity index (χ1v) is 9.28. The smallest absolute Gasteiger partial charge is 0.223 e. The quantitative estimate of drug-likeness (QED) is 0.376.